The van der Waals surface area contributed by atoms with Gasteiger partial charge in [-0.15, -0.1) is 0 Å². The molecule has 1 fully saturated rings. The molecule has 0 bridgehead atoms. The highest BCUT2D eigenvalue weighted by Crippen LogP contribution is 2.27. The monoisotopic (exact) mass is 385 g/mol. The number of carbonyl (C=O) groups is 1. The van der Waals surface area contributed by atoms with E-state index in [-0.39, 0.29) is 4.90 Å². The zero-order valence-electron chi connectivity index (χ0n) is 14.5. The van der Waals surface area contributed by atoms with Gasteiger partial charge in [-0.3, -0.25) is 0 Å². The van der Waals surface area contributed by atoms with E-state index in [1.807, 2.05) is 12.1 Å². The molecule has 2 aromatic carbocycles. The van der Waals surface area contributed by atoms with Gasteiger partial charge in [-0.25, -0.2) is 17.2 Å². The van der Waals surface area contributed by atoms with Crippen LogP contribution in [0.15, 0.2) is 65.7 Å². The van der Waals surface area contributed by atoms with E-state index in [1.54, 1.807) is 48.7 Å². The number of fused-ring (bicyclic) bond motifs is 1. The van der Waals surface area contributed by atoms with E-state index in [4.69, 9.17) is 5.11 Å². The smallest absolute Gasteiger partial charge is 0.407 e. The minimum Gasteiger partial charge on any atom is -0.465 e. The molecule has 1 aliphatic heterocycles. The van der Waals surface area contributed by atoms with Gasteiger partial charge < -0.3 is 14.9 Å². The third kappa shape index (κ3) is 3.12. The first-order chi connectivity index (χ1) is 13.0. The first-order valence-electron chi connectivity index (χ1n) is 8.61. The maximum absolute atomic E-state index is 12.9. The van der Waals surface area contributed by atoms with E-state index >= 15 is 0 Å². The lowest BCUT2D eigenvalue weighted by Gasteiger charge is -2.34. The zero-order chi connectivity index (χ0) is 19.0. The molecular formula is C19H19N3O4S. The Bertz CT molecular complexity index is 1080. The van der Waals surface area contributed by atoms with Crippen LogP contribution in [0.2, 0.25) is 0 Å². The van der Waals surface area contributed by atoms with Crippen molar-refractivity contribution in [3.05, 3.63) is 60.8 Å². The lowest BCUT2D eigenvalue weighted by Crippen LogP contribution is -2.48. The SMILES string of the molecule is O=C(O)N1CCN(c2ccc3c(ccn3S(=O)(=O)c3ccccc3)c2)CC1. The van der Waals surface area contributed by atoms with Crippen LogP contribution in [0.5, 0.6) is 0 Å². The molecule has 1 amide bonds. The third-order valence-corrected chi connectivity index (χ3v) is 6.56. The molecule has 27 heavy (non-hydrogen) atoms. The Balaban J connectivity index is 1.64. The van der Waals surface area contributed by atoms with E-state index in [1.165, 1.54) is 8.87 Å². The summed E-state index contributed by atoms with van der Waals surface area (Å²) >= 11 is 0. The summed E-state index contributed by atoms with van der Waals surface area (Å²) in [5.41, 5.74) is 1.58. The second-order valence-electron chi connectivity index (χ2n) is 6.43. The lowest BCUT2D eigenvalue weighted by molar-refractivity contribution is 0.142. The fraction of sp³-hybridized carbons (Fsp3) is 0.211. The van der Waals surface area contributed by atoms with E-state index in [0.717, 1.165) is 11.1 Å². The highest BCUT2D eigenvalue weighted by atomic mass is 32.2. The molecule has 0 atom stereocenters. The van der Waals surface area contributed by atoms with Gasteiger partial charge in [-0.05, 0) is 36.4 Å². The number of anilines is 1. The van der Waals surface area contributed by atoms with Crippen molar-refractivity contribution < 1.29 is 18.3 Å². The number of aromatic nitrogens is 1. The highest BCUT2D eigenvalue weighted by Gasteiger charge is 2.22. The minimum atomic E-state index is -3.65. The van der Waals surface area contributed by atoms with Gasteiger partial charge in [-0.2, -0.15) is 0 Å². The molecule has 0 saturated carbocycles. The van der Waals surface area contributed by atoms with Crippen LogP contribution in [0.1, 0.15) is 0 Å². The van der Waals surface area contributed by atoms with Crippen LogP contribution in [0, 0.1) is 0 Å². The maximum atomic E-state index is 12.9. The lowest BCUT2D eigenvalue weighted by atomic mass is 10.2. The number of amides is 1. The van der Waals surface area contributed by atoms with Crippen LogP contribution < -0.4 is 4.90 Å². The molecular weight excluding hydrogens is 366 g/mol. The average Bonchev–Trinajstić information content (AvgIpc) is 3.13. The van der Waals surface area contributed by atoms with Crippen molar-refractivity contribution in [2.24, 2.45) is 0 Å². The van der Waals surface area contributed by atoms with Gasteiger partial charge in [0.15, 0.2) is 0 Å². The molecule has 1 saturated heterocycles. The van der Waals surface area contributed by atoms with Crippen molar-refractivity contribution in [2.75, 3.05) is 31.1 Å². The van der Waals surface area contributed by atoms with Crippen molar-refractivity contribution in [3.63, 3.8) is 0 Å². The summed E-state index contributed by atoms with van der Waals surface area (Å²) in [7, 11) is -3.65. The molecule has 0 radical (unpaired) electrons. The Morgan fingerprint density at radius 2 is 1.63 bits per heavy atom. The van der Waals surface area contributed by atoms with Crippen molar-refractivity contribution in [3.8, 4) is 0 Å². The van der Waals surface area contributed by atoms with Gasteiger partial charge in [0, 0.05) is 43.4 Å². The second kappa shape index (κ2) is 6.62. The summed E-state index contributed by atoms with van der Waals surface area (Å²) in [4.78, 5) is 14.8. The fourth-order valence-corrected chi connectivity index (χ4v) is 4.75. The molecule has 0 spiro atoms. The van der Waals surface area contributed by atoms with Crippen LogP contribution in [-0.4, -0.2) is 54.7 Å². The summed E-state index contributed by atoms with van der Waals surface area (Å²) in [6.45, 7) is 2.13. The molecule has 2 heterocycles. The molecule has 140 valence electrons. The van der Waals surface area contributed by atoms with Crippen LogP contribution in [0.25, 0.3) is 10.9 Å². The summed E-state index contributed by atoms with van der Waals surface area (Å²) in [6, 6.07) is 15.8. The standard InChI is InChI=1S/C19H19N3O4S/c23-19(24)21-12-10-20(11-13-21)16-6-7-18-15(14-16)8-9-22(18)27(25,26)17-4-2-1-3-5-17/h1-9,14H,10-13H2,(H,23,24). The molecule has 1 aliphatic rings. The summed E-state index contributed by atoms with van der Waals surface area (Å²) < 4.78 is 27.1. The normalized spacial score (nSPS) is 15.3. The molecule has 0 unspecified atom stereocenters. The van der Waals surface area contributed by atoms with Crippen LogP contribution >= 0.6 is 0 Å². The predicted molar refractivity (Wildman–Crippen MR) is 103 cm³/mol. The van der Waals surface area contributed by atoms with Gasteiger partial charge in [0.25, 0.3) is 10.0 Å². The van der Waals surface area contributed by atoms with E-state index in [2.05, 4.69) is 4.90 Å². The Morgan fingerprint density at radius 1 is 0.926 bits per heavy atom. The predicted octanol–water partition coefficient (Wildman–Crippen LogP) is 2.68. The number of hydrogen-bond donors (Lipinski definition) is 1. The quantitative estimate of drug-likeness (QED) is 0.750. The topological polar surface area (TPSA) is 82.8 Å². The van der Waals surface area contributed by atoms with E-state index in [9.17, 15) is 13.2 Å². The Hall–Kier alpha value is -3.00. The van der Waals surface area contributed by atoms with Gasteiger partial charge in [0.1, 0.15) is 0 Å². The fourth-order valence-electron chi connectivity index (χ4n) is 3.37. The summed E-state index contributed by atoms with van der Waals surface area (Å²) in [6.07, 6.45) is 0.674. The molecule has 1 N–H and O–H groups in total. The number of hydrogen-bond acceptors (Lipinski definition) is 4. The molecule has 1 aromatic heterocycles. The van der Waals surface area contributed by atoms with Crippen molar-refractivity contribution in [2.45, 2.75) is 4.90 Å². The van der Waals surface area contributed by atoms with Gasteiger partial charge >= 0.3 is 6.09 Å². The average molecular weight is 385 g/mol. The Kier molecular flexibility index (Phi) is 4.27. The number of carboxylic acid groups (broad SMARTS) is 1. The van der Waals surface area contributed by atoms with Gasteiger partial charge in [-0.1, -0.05) is 18.2 Å². The van der Waals surface area contributed by atoms with Crippen molar-refractivity contribution in [1.29, 1.82) is 0 Å². The number of benzene rings is 2. The molecule has 4 rings (SSSR count). The molecule has 0 aliphatic carbocycles. The number of piperazine rings is 1. The van der Waals surface area contributed by atoms with E-state index < -0.39 is 16.1 Å². The zero-order valence-corrected chi connectivity index (χ0v) is 15.3. The van der Waals surface area contributed by atoms with E-state index in [0.29, 0.717) is 31.7 Å². The Labute approximate surface area is 157 Å². The highest BCUT2D eigenvalue weighted by molar-refractivity contribution is 7.90. The Morgan fingerprint density at radius 3 is 2.30 bits per heavy atom. The molecule has 3 aromatic rings. The van der Waals surface area contributed by atoms with Crippen molar-refractivity contribution >= 4 is 32.7 Å². The number of rotatable bonds is 3. The largest absolute Gasteiger partial charge is 0.465 e. The van der Waals surface area contributed by atoms with Crippen LogP contribution in [0.4, 0.5) is 10.5 Å². The minimum absolute atomic E-state index is 0.247. The van der Waals surface area contributed by atoms with Crippen LogP contribution in [-0.2, 0) is 10.0 Å². The molecule has 7 nitrogen and oxygen atoms in total. The first kappa shape index (κ1) is 17.4. The van der Waals surface area contributed by atoms with Crippen LogP contribution in [0.3, 0.4) is 0 Å². The first-order valence-corrected chi connectivity index (χ1v) is 10.1. The second-order valence-corrected chi connectivity index (χ2v) is 8.24. The third-order valence-electron chi connectivity index (χ3n) is 4.85. The number of nitrogens with zero attached hydrogens (tertiary/aromatic N) is 3. The van der Waals surface area contributed by atoms with Gasteiger partial charge in [0.2, 0.25) is 0 Å². The van der Waals surface area contributed by atoms with Gasteiger partial charge in [0.05, 0.1) is 10.4 Å². The van der Waals surface area contributed by atoms with Crippen molar-refractivity contribution in [1.82, 2.24) is 8.87 Å². The molecule has 8 heteroatoms. The summed E-state index contributed by atoms with van der Waals surface area (Å²) in [5.74, 6) is 0. The maximum Gasteiger partial charge on any atom is 0.407 e. The summed E-state index contributed by atoms with van der Waals surface area (Å²) in [5, 5.41) is 9.88.